The van der Waals surface area contributed by atoms with E-state index in [-0.39, 0.29) is 0 Å². The lowest BCUT2D eigenvalue weighted by Crippen LogP contribution is -2.16. The van der Waals surface area contributed by atoms with E-state index in [9.17, 15) is 0 Å². The van der Waals surface area contributed by atoms with Gasteiger partial charge in [-0.15, -0.1) is 0 Å². The van der Waals surface area contributed by atoms with Crippen molar-refractivity contribution in [3.05, 3.63) is 42.0 Å². The third-order valence-electron chi connectivity index (χ3n) is 4.86. The summed E-state index contributed by atoms with van der Waals surface area (Å²) in [4.78, 5) is 0. The molecule has 3 N–H and O–H groups in total. The van der Waals surface area contributed by atoms with E-state index in [2.05, 4.69) is 66.2 Å². The zero-order valence-corrected chi connectivity index (χ0v) is 17.1. The van der Waals surface area contributed by atoms with Gasteiger partial charge >= 0.3 is 0 Å². The van der Waals surface area contributed by atoms with Gasteiger partial charge in [0.15, 0.2) is 0 Å². The van der Waals surface area contributed by atoms with E-state index in [1.165, 1.54) is 16.7 Å². The Labute approximate surface area is 168 Å². The van der Waals surface area contributed by atoms with E-state index >= 15 is 0 Å². The zero-order valence-electron chi connectivity index (χ0n) is 17.1. The van der Waals surface area contributed by atoms with E-state index < -0.39 is 0 Å². The first kappa shape index (κ1) is 20.5. The Morgan fingerprint density at radius 3 is 2.07 bits per heavy atom. The minimum Gasteiger partial charge on any atom is -0.494 e. The van der Waals surface area contributed by atoms with Gasteiger partial charge < -0.3 is 25.4 Å². The number of nitrogens with one attached hydrogen (secondary N) is 3. The monoisotopic (exact) mass is 383 g/mol. The Balaban J connectivity index is 1.58. The summed E-state index contributed by atoms with van der Waals surface area (Å²) in [5.41, 5.74) is 4.90. The van der Waals surface area contributed by atoms with Crippen LogP contribution in [-0.2, 0) is 6.54 Å². The lowest BCUT2D eigenvalue weighted by Gasteiger charge is -2.23. The number of ether oxygens (including phenoxy) is 2. The van der Waals surface area contributed by atoms with Crippen molar-refractivity contribution in [2.75, 3.05) is 44.7 Å². The fraction of sp³-hybridized carbons (Fsp3) is 0.478. The molecule has 0 fully saturated rings. The maximum absolute atomic E-state index is 5.91. The third kappa shape index (κ3) is 5.63. The Hall–Kier alpha value is -2.24. The molecule has 0 saturated carbocycles. The number of hydrogen-bond donors (Lipinski definition) is 3. The van der Waals surface area contributed by atoms with Crippen molar-refractivity contribution in [1.29, 1.82) is 0 Å². The quantitative estimate of drug-likeness (QED) is 0.483. The van der Waals surface area contributed by atoms with Crippen LogP contribution in [0.15, 0.2) is 36.4 Å². The maximum Gasteiger partial charge on any atom is 0.121 e. The van der Waals surface area contributed by atoms with Crippen LogP contribution in [0.3, 0.4) is 0 Å². The van der Waals surface area contributed by atoms with Crippen LogP contribution in [0.5, 0.6) is 11.5 Å². The van der Waals surface area contributed by atoms with Gasteiger partial charge in [0, 0.05) is 23.9 Å². The molecule has 28 heavy (non-hydrogen) atoms. The second kappa shape index (κ2) is 10.9. The Morgan fingerprint density at radius 2 is 1.43 bits per heavy atom. The van der Waals surface area contributed by atoms with Gasteiger partial charge in [-0.25, -0.2) is 0 Å². The fourth-order valence-corrected chi connectivity index (χ4v) is 3.38. The van der Waals surface area contributed by atoms with Crippen molar-refractivity contribution in [3.63, 3.8) is 0 Å². The average Bonchev–Trinajstić information content (AvgIpc) is 2.73. The van der Waals surface area contributed by atoms with Crippen molar-refractivity contribution < 1.29 is 9.47 Å². The van der Waals surface area contributed by atoms with Gasteiger partial charge in [0.05, 0.1) is 13.2 Å². The summed E-state index contributed by atoms with van der Waals surface area (Å²) >= 11 is 0. The minimum absolute atomic E-state index is 0.733. The summed E-state index contributed by atoms with van der Waals surface area (Å²) in [6.07, 6.45) is 2.03. The van der Waals surface area contributed by atoms with Crippen molar-refractivity contribution in [1.82, 2.24) is 10.6 Å². The Morgan fingerprint density at radius 1 is 0.821 bits per heavy atom. The van der Waals surface area contributed by atoms with E-state index in [0.717, 1.165) is 76.0 Å². The first-order chi connectivity index (χ1) is 13.8. The molecule has 0 bridgehead atoms. The molecule has 0 aliphatic carbocycles. The summed E-state index contributed by atoms with van der Waals surface area (Å²) in [5, 5.41) is 10.2. The highest BCUT2D eigenvalue weighted by atomic mass is 16.5. The standard InChI is InChI=1S/C23H33N3O2/c1-3-24-11-5-13-27-19-7-9-21-18(15-19)17-26-23-16-20(8-10-22(21)23)28-14-6-12-25-4-2/h7-10,15-16,24-26H,3-6,11-14,17H2,1-2H3. The molecule has 2 aromatic rings. The first-order valence-corrected chi connectivity index (χ1v) is 10.5. The van der Waals surface area contributed by atoms with E-state index in [1.54, 1.807) is 0 Å². The van der Waals surface area contributed by atoms with Crippen molar-refractivity contribution >= 4 is 5.69 Å². The van der Waals surface area contributed by atoms with Gasteiger partial charge in [-0.3, -0.25) is 0 Å². The molecule has 0 unspecified atom stereocenters. The number of benzene rings is 2. The average molecular weight is 384 g/mol. The molecule has 5 nitrogen and oxygen atoms in total. The Bertz CT molecular complexity index is 685. The van der Waals surface area contributed by atoms with Gasteiger partial charge in [0.2, 0.25) is 0 Å². The first-order valence-electron chi connectivity index (χ1n) is 10.5. The summed E-state index contributed by atoms with van der Waals surface area (Å²) in [7, 11) is 0. The molecule has 5 heteroatoms. The van der Waals surface area contributed by atoms with Gasteiger partial charge in [0.1, 0.15) is 11.5 Å². The molecule has 1 heterocycles. The molecule has 0 saturated heterocycles. The van der Waals surface area contributed by atoms with Crippen molar-refractivity contribution in [2.45, 2.75) is 33.2 Å². The SMILES string of the molecule is CCNCCCOc1ccc2c(c1)CNc1cc(OCCCNCC)ccc1-2. The molecule has 1 aliphatic heterocycles. The molecule has 152 valence electrons. The smallest absolute Gasteiger partial charge is 0.121 e. The van der Waals surface area contributed by atoms with Crippen LogP contribution in [0.1, 0.15) is 32.3 Å². The summed E-state index contributed by atoms with van der Waals surface area (Å²) < 4.78 is 11.8. The van der Waals surface area contributed by atoms with E-state index in [1.807, 2.05) is 0 Å². The summed E-state index contributed by atoms with van der Waals surface area (Å²) in [6, 6.07) is 12.7. The molecule has 0 atom stereocenters. The van der Waals surface area contributed by atoms with Gasteiger partial charge in [0.25, 0.3) is 0 Å². The third-order valence-corrected chi connectivity index (χ3v) is 4.86. The van der Waals surface area contributed by atoms with Crippen LogP contribution in [-0.4, -0.2) is 39.4 Å². The molecule has 2 aromatic carbocycles. The predicted octanol–water partition coefficient (Wildman–Crippen LogP) is 4.04. The topological polar surface area (TPSA) is 54.5 Å². The summed E-state index contributed by atoms with van der Waals surface area (Å²) in [5.74, 6) is 1.87. The molecular weight excluding hydrogens is 350 g/mol. The number of anilines is 1. The highest BCUT2D eigenvalue weighted by molar-refractivity contribution is 5.84. The summed E-state index contributed by atoms with van der Waals surface area (Å²) in [6.45, 7) is 10.5. The van der Waals surface area contributed by atoms with Crippen molar-refractivity contribution in [3.8, 4) is 22.6 Å². The number of fused-ring (bicyclic) bond motifs is 3. The van der Waals surface area contributed by atoms with Crippen LogP contribution >= 0.6 is 0 Å². The predicted molar refractivity (Wildman–Crippen MR) is 117 cm³/mol. The zero-order chi connectivity index (χ0) is 19.6. The molecule has 0 spiro atoms. The minimum atomic E-state index is 0.733. The van der Waals surface area contributed by atoms with E-state index in [4.69, 9.17) is 9.47 Å². The van der Waals surface area contributed by atoms with Gasteiger partial charge in [-0.05, 0) is 74.4 Å². The number of hydrogen-bond acceptors (Lipinski definition) is 5. The second-order valence-corrected chi connectivity index (χ2v) is 6.99. The van der Waals surface area contributed by atoms with Gasteiger partial charge in [-0.1, -0.05) is 19.9 Å². The highest BCUT2D eigenvalue weighted by Crippen LogP contribution is 2.39. The largest absolute Gasteiger partial charge is 0.494 e. The van der Waals surface area contributed by atoms with Crippen LogP contribution in [0.2, 0.25) is 0 Å². The van der Waals surface area contributed by atoms with Crippen LogP contribution in [0.25, 0.3) is 11.1 Å². The highest BCUT2D eigenvalue weighted by Gasteiger charge is 2.17. The lowest BCUT2D eigenvalue weighted by atomic mass is 9.94. The van der Waals surface area contributed by atoms with Crippen LogP contribution < -0.4 is 25.4 Å². The lowest BCUT2D eigenvalue weighted by molar-refractivity contribution is 0.308. The van der Waals surface area contributed by atoms with E-state index in [0.29, 0.717) is 0 Å². The Kier molecular flexibility index (Phi) is 8.00. The molecule has 0 aromatic heterocycles. The maximum atomic E-state index is 5.91. The number of rotatable bonds is 12. The van der Waals surface area contributed by atoms with Crippen molar-refractivity contribution in [2.24, 2.45) is 0 Å². The van der Waals surface area contributed by atoms with Crippen LogP contribution in [0, 0.1) is 0 Å². The van der Waals surface area contributed by atoms with Gasteiger partial charge in [-0.2, -0.15) is 0 Å². The normalized spacial score (nSPS) is 12.1. The molecule has 1 aliphatic rings. The second-order valence-electron chi connectivity index (χ2n) is 6.99. The molecular formula is C23H33N3O2. The van der Waals surface area contributed by atoms with Crippen LogP contribution in [0.4, 0.5) is 5.69 Å². The molecule has 3 rings (SSSR count). The molecule has 0 radical (unpaired) electrons. The fourth-order valence-electron chi connectivity index (χ4n) is 3.38. The molecule has 0 amide bonds.